The fourth-order valence-corrected chi connectivity index (χ4v) is 4.49. The minimum Gasteiger partial charge on any atom is -0.496 e. The van der Waals surface area contributed by atoms with Gasteiger partial charge in [0.15, 0.2) is 0 Å². The maximum Gasteiger partial charge on any atom is 0.410 e. The van der Waals surface area contributed by atoms with Crippen molar-refractivity contribution in [3.05, 3.63) is 60.1 Å². The number of aromatic nitrogens is 3. The SMILES string of the molecule is COc1cc2nn(C)cc2cc1-c1ccc2cc(C3=CCN(C(=O)OC(C)(C)C)CC3)c(F)cc2n1. The van der Waals surface area contributed by atoms with Crippen LogP contribution in [0.2, 0.25) is 0 Å². The highest BCUT2D eigenvalue weighted by molar-refractivity contribution is 5.90. The Labute approximate surface area is 209 Å². The molecule has 0 fully saturated rings. The number of rotatable bonds is 3. The van der Waals surface area contributed by atoms with Crippen LogP contribution in [0.5, 0.6) is 5.75 Å². The van der Waals surface area contributed by atoms with Crippen LogP contribution < -0.4 is 4.74 Å². The number of carbonyl (C=O) groups is 1. The maximum atomic E-state index is 15.3. The molecule has 0 atom stereocenters. The highest BCUT2D eigenvalue weighted by Gasteiger charge is 2.25. The van der Waals surface area contributed by atoms with E-state index < -0.39 is 5.60 Å². The molecule has 7 nitrogen and oxygen atoms in total. The van der Waals surface area contributed by atoms with Crippen LogP contribution in [0.15, 0.2) is 48.7 Å². The van der Waals surface area contributed by atoms with Gasteiger partial charge in [0.1, 0.15) is 17.2 Å². The maximum absolute atomic E-state index is 15.3. The Balaban J connectivity index is 1.45. The van der Waals surface area contributed by atoms with Crippen LogP contribution in [0.1, 0.15) is 32.8 Å². The van der Waals surface area contributed by atoms with E-state index in [1.807, 2.05) is 70.4 Å². The zero-order valence-electron chi connectivity index (χ0n) is 21.1. The Morgan fingerprint density at radius 2 is 1.83 bits per heavy atom. The summed E-state index contributed by atoms with van der Waals surface area (Å²) >= 11 is 0. The van der Waals surface area contributed by atoms with Crippen molar-refractivity contribution in [1.82, 2.24) is 19.7 Å². The first-order valence-corrected chi connectivity index (χ1v) is 11.9. The second-order valence-electron chi connectivity index (χ2n) is 10.0. The van der Waals surface area contributed by atoms with Gasteiger partial charge in [0.25, 0.3) is 0 Å². The molecule has 5 rings (SSSR count). The first-order valence-electron chi connectivity index (χ1n) is 11.9. The molecule has 0 spiro atoms. The van der Waals surface area contributed by atoms with Crippen molar-refractivity contribution in [1.29, 1.82) is 0 Å². The first-order chi connectivity index (χ1) is 17.1. The summed E-state index contributed by atoms with van der Waals surface area (Å²) < 4.78 is 28.1. The number of nitrogens with zero attached hydrogens (tertiary/aromatic N) is 4. The van der Waals surface area contributed by atoms with Gasteiger partial charge in [-0.25, -0.2) is 14.2 Å². The van der Waals surface area contributed by atoms with E-state index in [4.69, 9.17) is 14.5 Å². The molecule has 3 heterocycles. The lowest BCUT2D eigenvalue weighted by molar-refractivity contribution is 0.0270. The summed E-state index contributed by atoms with van der Waals surface area (Å²) in [7, 11) is 3.49. The number of benzene rings is 2. The molecule has 0 saturated carbocycles. The van der Waals surface area contributed by atoms with Crippen molar-refractivity contribution in [2.75, 3.05) is 20.2 Å². The van der Waals surface area contributed by atoms with Crippen LogP contribution >= 0.6 is 0 Å². The third-order valence-electron chi connectivity index (χ3n) is 6.20. The summed E-state index contributed by atoms with van der Waals surface area (Å²) in [5.74, 6) is 0.325. The highest BCUT2D eigenvalue weighted by atomic mass is 19.1. The average Bonchev–Trinajstić information content (AvgIpc) is 3.20. The molecule has 36 heavy (non-hydrogen) atoms. The van der Waals surface area contributed by atoms with Gasteiger partial charge in [-0.3, -0.25) is 4.68 Å². The van der Waals surface area contributed by atoms with Gasteiger partial charge in [0, 0.05) is 60.4 Å². The van der Waals surface area contributed by atoms with Gasteiger partial charge in [-0.2, -0.15) is 5.10 Å². The van der Waals surface area contributed by atoms with Gasteiger partial charge in [0.05, 0.1) is 23.8 Å². The second-order valence-corrected chi connectivity index (χ2v) is 10.0. The van der Waals surface area contributed by atoms with Crippen molar-refractivity contribution in [3.63, 3.8) is 0 Å². The van der Waals surface area contributed by atoms with Gasteiger partial charge in [-0.1, -0.05) is 12.1 Å². The Bertz CT molecular complexity index is 1520. The normalized spacial score (nSPS) is 14.3. The van der Waals surface area contributed by atoms with Crippen molar-refractivity contribution in [3.8, 4) is 17.0 Å². The van der Waals surface area contributed by atoms with Crippen LogP contribution in [0, 0.1) is 5.82 Å². The molecule has 0 bridgehead atoms. The third-order valence-corrected chi connectivity index (χ3v) is 6.20. The molecule has 2 aromatic carbocycles. The Morgan fingerprint density at radius 1 is 1.06 bits per heavy atom. The van der Waals surface area contributed by atoms with Crippen LogP contribution in [-0.2, 0) is 11.8 Å². The molecule has 186 valence electrons. The number of pyridine rings is 1. The molecule has 0 aliphatic carbocycles. The lowest BCUT2D eigenvalue weighted by Gasteiger charge is -2.29. The zero-order chi connectivity index (χ0) is 25.6. The molecule has 4 aromatic rings. The van der Waals surface area contributed by atoms with Gasteiger partial charge in [-0.05, 0) is 51.0 Å². The topological polar surface area (TPSA) is 69.5 Å². The van der Waals surface area contributed by atoms with E-state index in [1.54, 1.807) is 16.7 Å². The van der Waals surface area contributed by atoms with Gasteiger partial charge in [0.2, 0.25) is 0 Å². The Kier molecular flexibility index (Phi) is 5.90. The third kappa shape index (κ3) is 4.63. The van der Waals surface area contributed by atoms with E-state index in [2.05, 4.69) is 5.10 Å². The Morgan fingerprint density at radius 3 is 2.53 bits per heavy atom. The second kappa shape index (κ2) is 8.93. The quantitative estimate of drug-likeness (QED) is 0.356. The standard InChI is InChI=1S/C28H29FN4O3/c1-28(2,3)36-27(34)33-10-8-17(9-11-33)20-12-18-6-7-23(30-24(18)14-22(20)29)21-13-19-16-32(4)31-25(19)15-26(21)35-5/h6-8,12-16H,9-11H2,1-5H3. The molecule has 1 aliphatic rings. The molecule has 0 N–H and O–H groups in total. The largest absolute Gasteiger partial charge is 0.496 e. The van der Waals surface area contributed by atoms with Crippen molar-refractivity contribution >= 4 is 33.5 Å². The molecule has 1 aliphatic heterocycles. The summed E-state index contributed by atoms with van der Waals surface area (Å²) in [5, 5.41) is 6.25. The smallest absolute Gasteiger partial charge is 0.410 e. The summed E-state index contributed by atoms with van der Waals surface area (Å²) in [6, 6.07) is 11.1. The van der Waals surface area contributed by atoms with E-state index in [9.17, 15) is 4.79 Å². The number of fused-ring (bicyclic) bond motifs is 2. The molecule has 8 heteroatoms. The summed E-state index contributed by atoms with van der Waals surface area (Å²) in [4.78, 5) is 18.7. The number of hydrogen-bond donors (Lipinski definition) is 0. The number of methoxy groups -OCH3 is 1. The van der Waals surface area contributed by atoms with E-state index in [-0.39, 0.29) is 11.9 Å². The van der Waals surface area contributed by atoms with E-state index in [1.165, 1.54) is 6.07 Å². The van der Waals surface area contributed by atoms with Crippen LogP contribution in [0.3, 0.4) is 0 Å². The van der Waals surface area contributed by atoms with Gasteiger partial charge < -0.3 is 14.4 Å². The fourth-order valence-electron chi connectivity index (χ4n) is 4.49. The number of hydrogen-bond acceptors (Lipinski definition) is 5. The van der Waals surface area contributed by atoms with Crippen LogP contribution in [-0.4, -0.2) is 51.6 Å². The van der Waals surface area contributed by atoms with Gasteiger partial charge >= 0.3 is 6.09 Å². The number of amides is 1. The van der Waals surface area contributed by atoms with Crippen molar-refractivity contribution in [2.45, 2.75) is 32.8 Å². The predicted octanol–water partition coefficient (Wildman–Crippen LogP) is 5.96. The summed E-state index contributed by atoms with van der Waals surface area (Å²) in [6.45, 7) is 6.38. The molecule has 2 aromatic heterocycles. The molecular weight excluding hydrogens is 459 g/mol. The fraction of sp³-hybridized carbons (Fsp3) is 0.321. The van der Waals surface area contributed by atoms with E-state index >= 15 is 4.39 Å². The van der Waals surface area contributed by atoms with Crippen LogP contribution in [0.25, 0.3) is 38.6 Å². The molecule has 0 saturated heterocycles. The number of aryl methyl sites for hydroxylation is 1. The average molecular weight is 489 g/mol. The molecular formula is C28H29FN4O3. The Hall–Kier alpha value is -3.94. The van der Waals surface area contributed by atoms with Crippen molar-refractivity contribution < 1.29 is 18.7 Å². The summed E-state index contributed by atoms with van der Waals surface area (Å²) in [5.41, 5.74) is 3.78. The van der Waals surface area contributed by atoms with E-state index in [0.717, 1.165) is 27.4 Å². The lowest BCUT2D eigenvalue weighted by Crippen LogP contribution is -2.39. The predicted molar refractivity (Wildman–Crippen MR) is 138 cm³/mol. The van der Waals surface area contributed by atoms with E-state index in [0.29, 0.717) is 42.0 Å². The summed E-state index contributed by atoms with van der Waals surface area (Å²) in [6.07, 6.45) is 4.03. The minimum absolute atomic E-state index is 0.334. The highest BCUT2D eigenvalue weighted by Crippen LogP contribution is 2.35. The number of halogens is 1. The van der Waals surface area contributed by atoms with Crippen LogP contribution in [0.4, 0.5) is 9.18 Å². The minimum atomic E-state index is -0.550. The number of ether oxygens (including phenoxy) is 2. The number of carbonyl (C=O) groups excluding carboxylic acids is 1. The molecule has 0 radical (unpaired) electrons. The van der Waals surface area contributed by atoms with Crippen molar-refractivity contribution in [2.24, 2.45) is 7.05 Å². The zero-order valence-corrected chi connectivity index (χ0v) is 21.1. The monoisotopic (exact) mass is 488 g/mol. The van der Waals surface area contributed by atoms with Gasteiger partial charge in [-0.15, -0.1) is 0 Å². The molecule has 1 amide bonds. The molecule has 0 unspecified atom stereocenters. The lowest BCUT2D eigenvalue weighted by atomic mass is 9.97. The first kappa shape index (κ1) is 23.8.